The number of fused-ring (bicyclic) bond motifs is 1. The summed E-state index contributed by atoms with van der Waals surface area (Å²) in [5, 5.41) is 5.60. The van der Waals surface area contributed by atoms with Gasteiger partial charge in [-0.05, 0) is 46.1 Å². The van der Waals surface area contributed by atoms with Crippen LogP contribution in [0.2, 0.25) is 0 Å². The number of rotatable bonds is 5. The van der Waals surface area contributed by atoms with Crippen molar-refractivity contribution in [1.82, 2.24) is 15.0 Å². The topological polar surface area (TPSA) is 67.8 Å². The molecule has 0 radical (unpaired) electrons. The summed E-state index contributed by atoms with van der Waals surface area (Å²) in [5.41, 5.74) is 2.19. The summed E-state index contributed by atoms with van der Waals surface area (Å²) in [6.07, 6.45) is 2.34. The summed E-state index contributed by atoms with van der Waals surface area (Å²) in [4.78, 5) is 29.7. The molecule has 26 heavy (non-hydrogen) atoms. The molecular formula is C18H20N4OS3. The van der Waals surface area contributed by atoms with Crippen molar-refractivity contribution in [2.75, 3.05) is 11.1 Å². The molecule has 0 saturated heterocycles. The van der Waals surface area contributed by atoms with Crippen LogP contribution in [-0.2, 0) is 4.79 Å². The molecule has 1 aliphatic carbocycles. The SMILES string of the molecule is Cc1nc(NC(=O)CSc2nc(C3CC3)nc3sc(C)c(C)c23)sc1C. The van der Waals surface area contributed by atoms with Crippen LogP contribution in [0.5, 0.6) is 0 Å². The van der Waals surface area contributed by atoms with E-state index in [0.29, 0.717) is 16.8 Å². The molecule has 3 aromatic rings. The molecule has 8 heteroatoms. The van der Waals surface area contributed by atoms with E-state index in [1.807, 2.05) is 13.8 Å². The van der Waals surface area contributed by atoms with Gasteiger partial charge in [-0.1, -0.05) is 11.8 Å². The zero-order valence-electron chi connectivity index (χ0n) is 15.2. The highest BCUT2D eigenvalue weighted by Gasteiger charge is 2.28. The summed E-state index contributed by atoms with van der Waals surface area (Å²) in [7, 11) is 0. The van der Waals surface area contributed by atoms with Gasteiger partial charge in [0.25, 0.3) is 0 Å². The number of hydrogen-bond donors (Lipinski definition) is 1. The van der Waals surface area contributed by atoms with Crippen LogP contribution in [0.1, 0.15) is 45.6 Å². The molecule has 0 atom stereocenters. The second-order valence-electron chi connectivity index (χ2n) is 6.62. The molecule has 0 bridgehead atoms. The number of amides is 1. The highest BCUT2D eigenvalue weighted by atomic mass is 32.2. The Bertz CT molecular complexity index is 984. The van der Waals surface area contributed by atoms with E-state index in [4.69, 9.17) is 9.97 Å². The van der Waals surface area contributed by atoms with E-state index in [9.17, 15) is 4.79 Å². The van der Waals surface area contributed by atoms with Crippen molar-refractivity contribution >= 4 is 55.7 Å². The Morgan fingerprint density at radius 1 is 1.12 bits per heavy atom. The minimum atomic E-state index is -0.0481. The predicted molar refractivity (Wildman–Crippen MR) is 110 cm³/mol. The number of nitrogens with zero attached hydrogens (tertiary/aromatic N) is 3. The average Bonchev–Trinajstić information content (AvgIpc) is 3.33. The number of thiophene rings is 1. The molecule has 3 aromatic heterocycles. The van der Waals surface area contributed by atoms with Gasteiger partial charge in [-0.2, -0.15) is 0 Å². The minimum Gasteiger partial charge on any atom is -0.301 e. The lowest BCUT2D eigenvalue weighted by atomic mass is 10.2. The van der Waals surface area contributed by atoms with Gasteiger partial charge in [0.2, 0.25) is 5.91 Å². The van der Waals surface area contributed by atoms with Crippen molar-refractivity contribution in [2.45, 2.75) is 51.5 Å². The second kappa shape index (κ2) is 6.90. The van der Waals surface area contributed by atoms with Crippen molar-refractivity contribution < 1.29 is 4.79 Å². The molecule has 0 aromatic carbocycles. The van der Waals surface area contributed by atoms with E-state index in [1.54, 1.807) is 11.3 Å². The van der Waals surface area contributed by atoms with Crippen LogP contribution < -0.4 is 5.32 Å². The zero-order valence-corrected chi connectivity index (χ0v) is 17.6. The second-order valence-corrected chi connectivity index (χ2v) is 9.99. The number of thioether (sulfide) groups is 1. The number of carbonyl (C=O) groups is 1. The van der Waals surface area contributed by atoms with Gasteiger partial charge in [-0.15, -0.1) is 22.7 Å². The molecule has 1 saturated carbocycles. The van der Waals surface area contributed by atoms with Crippen molar-refractivity contribution in [3.63, 3.8) is 0 Å². The van der Waals surface area contributed by atoms with Crippen molar-refractivity contribution in [1.29, 1.82) is 0 Å². The number of aryl methyl sites for hydroxylation is 4. The predicted octanol–water partition coefficient (Wildman–Crippen LogP) is 4.99. The van der Waals surface area contributed by atoms with Crippen LogP contribution in [0.15, 0.2) is 5.03 Å². The maximum Gasteiger partial charge on any atom is 0.236 e. The molecule has 4 rings (SSSR count). The monoisotopic (exact) mass is 404 g/mol. The third-order valence-corrected chi connectivity index (χ3v) is 7.63. The summed E-state index contributed by atoms with van der Waals surface area (Å²) in [6, 6.07) is 0. The van der Waals surface area contributed by atoms with Crippen LogP contribution in [0.25, 0.3) is 10.2 Å². The fourth-order valence-electron chi connectivity index (χ4n) is 2.67. The number of thiazole rings is 1. The largest absolute Gasteiger partial charge is 0.301 e. The first kappa shape index (κ1) is 17.9. The lowest BCUT2D eigenvalue weighted by molar-refractivity contribution is -0.113. The first-order valence-corrected chi connectivity index (χ1v) is 11.2. The van der Waals surface area contributed by atoms with Crippen molar-refractivity contribution in [3.05, 3.63) is 26.8 Å². The summed E-state index contributed by atoms with van der Waals surface area (Å²) < 4.78 is 0. The Kier molecular flexibility index (Phi) is 4.75. The lowest BCUT2D eigenvalue weighted by Gasteiger charge is -2.06. The number of hydrogen-bond acceptors (Lipinski definition) is 7. The van der Waals surface area contributed by atoms with E-state index in [0.717, 1.165) is 31.6 Å². The normalized spacial score (nSPS) is 14.2. The van der Waals surface area contributed by atoms with Gasteiger partial charge in [-0.3, -0.25) is 4.79 Å². The standard InChI is InChI=1S/C18H20N4OS3/c1-8-10(3)25-17-14(8)16(21-15(22-17)12-5-6-12)24-7-13(23)20-18-19-9(2)11(4)26-18/h12H,5-7H2,1-4H3,(H,19,20,23). The van der Waals surface area contributed by atoms with Crippen LogP contribution in [0.3, 0.4) is 0 Å². The molecule has 1 fully saturated rings. The van der Waals surface area contributed by atoms with Crippen molar-refractivity contribution in [2.24, 2.45) is 0 Å². The number of anilines is 1. The van der Waals surface area contributed by atoms with Crippen molar-refractivity contribution in [3.8, 4) is 0 Å². The molecular weight excluding hydrogens is 384 g/mol. The minimum absolute atomic E-state index is 0.0481. The molecule has 3 heterocycles. The fourth-order valence-corrected chi connectivity index (χ4v) is 5.50. The van der Waals surface area contributed by atoms with Crippen LogP contribution >= 0.6 is 34.4 Å². The summed E-state index contributed by atoms with van der Waals surface area (Å²) in [5.74, 6) is 1.71. The van der Waals surface area contributed by atoms with Gasteiger partial charge in [0.05, 0.1) is 11.4 Å². The highest BCUT2D eigenvalue weighted by molar-refractivity contribution is 8.00. The molecule has 5 nitrogen and oxygen atoms in total. The Morgan fingerprint density at radius 3 is 2.54 bits per heavy atom. The number of aromatic nitrogens is 3. The zero-order chi connectivity index (χ0) is 18.4. The van der Waals surface area contributed by atoms with Gasteiger partial charge in [0.15, 0.2) is 5.13 Å². The van der Waals surface area contributed by atoms with E-state index in [1.165, 1.54) is 46.4 Å². The van der Waals surface area contributed by atoms with E-state index in [-0.39, 0.29) is 5.91 Å². The van der Waals surface area contributed by atoms with E-state index < -0.39 is 0 Å². The molecule has 0 unspecified atom stereocenters. The third-order valence-electron chi connectivity index (χ3n) is 4.57. The molecule has 1 N–H and O–H groups in total. The Morgan fingerprint density at radius 2 is 1.88 bits per heavy atom. The van der Waals surface area contributed by atoms with Crippen LogP contribution in [0.4, 0.5) is 5.13 Å². The molecule has 1 aliphatic rings. The maximum absolute atomic E-state index is 12.4. The quantitative estimate of drug-likeness (QED) is 0.479. The Hall–Kier alpha value is -1.51. The summed E-state index contributed by atoms with van der Waals surface area (Å²) >= 11 is 4.73. The molecule has 0 aliphatic heterocycles. The highest BCUT2D eigenvalue weighted by Crippen LogP contribution is 2.42. The van der Waals surface area contributed by atoms with Crippen LogP contribution in [0, 0.1) is 27.7 Å². The number of carbonyl (C=O) groups excluding carboxylic acids is 1. The van der Waals surface area contributed by atoms with E-state index >= 15 is 0 Å². The lowest BCUT2D eigenvalue weighted by Crippen LogP contribution is -2.14. The Labute approximate surface area is 164 Å². The summed E-state index contributed by atoms with van der Waals surface area (Å²) in [6.45, 7) is 8.19. The number of nitrogens with one attached hydrogen (secondary N) is 1. The first-order valence-electron chi connectivity index (χ1n) is 8.56. The van der Waals surface area contributed by atoms with Gasteiger partial charge in [0, 0.05) is 21.1 Å². The Balaban J connectivity index is 1.55. The van der Waals surface area contributed by atoms with E-state index in [2.05, 4.69) is 24.1 Å². The molecule has 136 valence electrons. The fraction of sp³-hybridized carbons (Fsp3) is 0.444. The average molecular weight is 405 g/mol. The molecule has 0 spiro atoms. The van der Waals surface area contributed by atoms with Gasteiger partial charge >= 0.3 is 0 Å². The smallest absolute Gasteiger partial charge is 0.236 e. The van der Waals surface area contributed by atoms with Gasteiger partial charge < -0.3 is 5.32 Å². The van der Waals surface area contributed by atoms with Gasteiger partial charge in [-0.25, -0.2) is 15.0 Å². The first-order chi connectivity index (χ1) is 12.4. The molecule has 1 amide bonds. The van der Waals surface area contributed by atoms with Crippen LogP contribution in [-0.4, -0.2) is 26.6 Å². The third kappa shape index (κ3) is 3.50. The maximum atomic E-state index is 12.4. The van der Waals surface area contributed by atoms with Gasteiger partial charge in [0.1, 0.15) is 15.7 Å².